The fraction of sp³-hybridized carbons (Fsp3) is 0.0909. The van der Waals surface area contributed by atoms with E-state index in [0.29, 0.717) is 6.54 Å². The van der Waals surface area contributed by atoms with Crippen molar-refractivity contribution in [1.29, 1.82) is 0 Å². The van der Waals surface area contributed by atoms with Gasteiger partial charge in [-0.05, 0) is 12.1 Å². The summed E-state index contributed by atoms with van der Waals surface area (Å²) < 4.78 is 0. The van der Waals surface area contributed by atoms with Crippen molar-refractivity contribution in [2.24, 2.45) is 0 Å². The van der Waals surface area contributed by atoms with Gasteiger partial charge in [0.2, 0.25) is 0 Å². The predicted octanol–water partition coefficient (Wildman–Crippen LogP) is 1.73. The standard InChI is InChI=1S/C11H12N4O/c16-11(13-7-10-6-12-8-14-10)15-9-4-2-1-3-5-9/h1-6,8H,7H2,(H,12,14)(H2,13,15,16). The molecule has 1 aromatic heterocycles. The summed E-state index contributed by atoms with van der Waals surface area (Å²) in [5, 5.41) is 5.43. The molecule has 0 fully saturated rings. The molecule has 82 valence electrons. The highest BCUT2D eigenvalue weighted by molar-refractivity contribution is 5.89. The van der Waals surface area contributed by atoms with Crippen LogP contribution in [-0.2, 0) is 6.54 Å². The van der Waals surface area contributed by atoms with Crippen molar-refractivity contribution in [1.82, 2.24) is 15.3 Å². The molecule has 0 saturated carbocycles. The molecule has 0 aliphatic heterocycles. The number of aromatic nitrogens is 2. The smallest absolute Gasteiger partial charge is 0.319 e. The van der Waals surface area contributed by atoms with Crippen LogP contribution in [0.2, 0.25) is 0 Å². The second-order valence-corrected chi connectivity index (χ2v) is 3.25. The maximum absolute atomic E-state index is 11.5. The van der Waals surface area contributed by atoms with Crippen molar-refractivity contribution in [3.8, 4) is 0 Å². The second kappa shape index (κ2) is 4.97. The topological polar surface area (TPSA) is 69.8 Å². The Kier molecular flexibility index (Phi) is 3.18. The van der Waals surface area contributed by atoms with Crippen LogP contribution >= 0.6 is 0 Å². The lowest BCUT2D eigenvalue weighted by atomic mass is 10.3. The lowest BCUT2D eigenvalue weighted by Crippen LogP contribution is -2.28. The van der Waals surface area contributed by atoms with Gasteiger partial charge >= 0.3 is 6.03 Å². The Morgan fingerprint density at radius 3 is 2.81 bits per heavy atom. The molecule has 5 nitrogen and oxygen atoms in total. The number of aromatic amines is 1. The Labute approximate surface area is 92.9 Å². The number of benzene rings is 1. The molecule has 0 aliphatic carbocycles. The van der Waals surface area contributed by atoms with Crippen LogP contribution in [0.4, 0.5) is 10.5 Å². The zero-order valence-electron chi connectivity index (χ0n) is 8.60. The molecule has 0 aliphatic rings. The van der Waals surface area contributed by atoms with E-state index in [4.69, 9.17) is 0 Å². The van der Waals surface area contributed by atoms with Crippen molar-refractivity contribution in [2.75, 3.05) is 5.32 Å². The number of rotatable bonds is 3. The number of nitrogens with one attached hydrogen (secondary N) is 3. The Bertz CT molecular complexity index is 438. The van der Waals surface area contributed by atoms with Crippen molar-refractivity contribution in [3.05, 3.63) is 48.5 Å². The van der Waals surface area contributed by atoms with Crippen molar-refractivity contribution in [3.63, 3.8) is 0 Å². The van der Waals surface area contributed by atoms with E-state index in [9.17, 15) is 4.79 Å². The fourth-order valence-corrected chi connectivity index (χ4v) is 1.25. The van der Waals surface area contributed by atoms with Gasteiger partial charge in [0.15, 0.2) is 0 Å². The molecule has 0 bridgehead atoms. The van der Waals surface area contributed by atoms with Gasteiger partial charge in [0, 0.05) is 11.9 Å². The number of amides is 2. The third-order valence-electron chi connectivity index (χ3n) is 2.03. The fourth-order valence-electron chi connectivity index (χ4n) is 1.25. The molecule has 0 radical (unpaired) electrons. The zero-order chi connectivity index (χ0) is 11.2. The van der Waals surface area contributed by atoms with Gasteiger partial charge in [0.25, 0.3) is 0 Å². The maximum atomic E-state index is 11.5. The number of nitrogens with zero attached hydrogens (tertiary/aromatic N) is 1. The van der Waals surface area contributed by atoms with Gasteiger partial charge in [0.05, 0.1) is 18.6 Å². The summed E-state index contributed by atoms with van der Waals surface area (Å²) in [6.07, 6.45) is 3.24. The van der Waals surface area contributed by atoms with Crippen molar-refractivity contribution in [2.45, 2.75) is 6.54 Å². The number of imidazole rings is 1. The van der Waals surface area contributed by atoms with Crippen LogP contribution in [0.25, 0.3) is 0 Å². The maximum Gasteiger partial charge on any atom is 0.319 e. The molecule has 16 heavy (non-hydrogen) atoms. The third kappa shape index (κ3) is 2.84. The normalized spacial score (nSPS) is 9.75. The van der Waals surface area contributed by atoms with Gasteiger partial charge in [0.1, 0.15) is 0 Å². The van der Waals surface area contributed by atoms with Gasteiger partial charge in [-0.2, -0.15) is 0 Å². The molecule has 0 saturated heterocycles. The van der Waals surface area contributed by atoms with Crippen molar-refractivity contribution < 1.29 is 4.79 Å². The van der Waals surface area contributed by atoms with Crippen LogP contribution in [0.1, 0.15) is 5.69 Å². The summed E-state index contributed by atoms with van der Waals surface area (Å²) in [4.78, 5) is 18.2. The first-order valence-corrected chi connectivity index (χ1v) is 4.92. The Balaban J connectivity index is 1.81. The van der Waals surface area contributed by atoms with Gasteiger partial charge in [-0.25, -0.2) is 9.78 Å². The highest BCUT2D eigenvalue weighted by Gasteiger charge is 2.00. The quantitative estimate of drug-likeness (QED) is 0.731. The van der Waals surface area contributed by atoms with E-state index in [1.54, 1.807) is 12.5 Å². The minimum atomic E-state index is -0.235. The molecule has 0 unspecified atom stereocenters. The SMILES string of the molecule is O=C(NCc1cnc[nH]1)Nc1ccccc1. The summed E-state index contributed by atoms with van der Waals surface area (Å²) in [6, 6.07) is 9.05. The van der Waals surface area contributed by atoms with Gasteiger partial charge in [-0.15, -0.1) is 0 Å². The number of carbonyl (C=O) groups excluding carboxylic acids is 1. The molecule has 2 aromatic rings. The summed E-state index contributed by atoms with van der Waals surface area (Å²) >= 11 is 0. The van der Waals surface area contributed by atoms with E-state index in [-0.39, 0.29) is 6.03 Å². The molecule has 0 atom stereocenters. The van der Waals surface area contributed by atoms with Crippen LogP contribution in [0.5, 0.6) is 0 Å². The number of H-pyrrole nitrogens is 1. The zero-order valence-corrected chi connectivity index (χ0v) is 8.60. The second-order valence-electron chi connectivity index (χ2n) is 3.25. The van der Waals surface area contributed by atoms with Gasteiger partial charge < -0.3 is 15.6 Å². The minimum absolute atomic E-state index is 0.235. The summed E-state index contributed by atoms with van der Waals surface area (Å²) in [7, 11) is 0. The highest BCUT2D eigenvalue weighted by atomic mass is 16.2. The van der Waals surface area contributed by atoms with E-state index in [1.165, 1.54) is 0 Å². The molecule has 0 spiro atoms. The lowest BCUT2D eigenvalue weighted by Gasteiger charge is -2.05. The van der Waals surface area contributed by atoms with E-state index >= 15 is 0 Å². The molecular weight excluding hydrogens is 204 g/mol. The third-order valence-corrected chi connectivity index (χ3v) is 2.03. The van der Waals surface area contributed by atoms with Crippen LogP contribution in [0, 0.1) is 0 Å². The predicted molar refractivity (Wildman–Crippen MR) is 60.9 cm³/mol. The molecule has 2 amide bonds. The largest absolute Gasteiger partial charge is 0.347 e. The molecular formula is C11H12N4O. The van der Waals surface area contributed by atoms with E-state index in [0.717, 1.165) is 11.4 Å². The van der Waals surface area contributed by atoms with Gasteiger partial charge in [-0.1, -0.05) is 18.2 Å². The van der Waals surface area contributed by atoms with Crippen molar-refractivity contribution >= 4 is 11.7 Å². The summed E-state index contributed by atoms with van der Waals surface area (Å²) in [5.41, 5.74) is 1.63. The first-order chi connectivity index (χ1) is 7.84. The van der Waals surface area contributed by atoms with Gasteiger partial charge in [-0.3, -0.25) is 0 Å². The first-order valence-electron chi connectivity index (χ1n) is 4.92. The Morgan fingerprint density at radius 2 is 2.12 bits per heavy atom. The summed E-state index contributed by atoms with van der Waals surface area (Å²) in [5.74, 6) is 0. The average molecular weight is 216 g/mol. The van der Waals surface area contributed by atoms with Crippen LogP contribution in [0.15, 0.2) is 42.9 Å². The number of hydrogen-bond donors (Lipinski definition) is 3. The number of urea groups is 1. The highest BCUT2D eigenvalue weighted by Crippen LogP contribution is 2.04. The molecule has 5 heteroatoms. The van der Waals surface area contributed by atoms with E-state index in [1.807, 2.05) is 30.3 Å². The number of para-hydroxylation sites is 1. The first kappa shape index (κ1) is 10.2. The summed E-state index contributed by atoms with van der Waals surface area (Å²) in [6.45, 7) is 0.429. The molecule has 2 rings (SSSR count). The number of carbonyl (C=O) groups is 1. The number of anilines is 1. The Hall–Kier alpha value is -2.30. The van der Waals surface area contributed by atoms with Crippen LogP contribution in [0.3, 0.4) is 0 Å². The Morgan fingerprint density at radius 1 is 1.31 bits per heavy atom. The molecule has 3 N–H and O–H groups in total. The lowest BCUT2D eigenvalue weighted by molar-refractivity contribution is 0.251. The van der Waals surface area contributed by atoms with E-state index < -0.39 is 0 Å². The number of hydrogen-bond acceptors (Lipinski definition) is 2. The van der Waals surface area contributed by atoms with Crippen LogP contribution < -0.4 is 10.6 Å². The molecule has 1 heterocycles. The van der Waals surface area contributed by atoms with E-state index in [2.05, 4.69) is 20.6 Å². The van der Waals surface area contributed by atoms with Crippen LogP contribution in [-0.4, -0.2) is 16.0 Å². The monoisotopic (exact) mass is 216 g/mol. The average Bonchev–Trinajstić information content (AvgIpc) is 2.81. The minimum Gasteiger partial charge on any atom is -0.347 e. The molecule has 1 aromatic carbocycles.